The molecule has 0 amide bonds. The quantitative estimate of drug-likeness (QED) is 0.747. The van der Waals surface area contributed by atoms with E-state index in [4.69, 9.17) is 20.1 Å². The van der Waals surface area contributed by atoms with Crippen molar-refractivity contribution in [2.75, 3.05) is 13.2 Å². The van der Waals surface area contributed by atoms with E-state index in [1.165, 1.54) is 0 Å². The van der Waals surface area contributed by atoms with Crippen LogP contribution in [-0.4, -0.2) is 34.6 Å². The average Bonchev–Trinajstić information content (AvgIpc) is 2.27. The van der Waals surface area contributed by atoms with Gasteiger partial charge in [-0.15, -0.1) is 0 Å². The van der Waals surface area contributed by atoms with Gasteiger partial charge in [-0.05, 0) is 49.6 Å². The van der Waals surface area contributed by atoms with Crippen LogP contribution in [0.4, 0.5) is 0 Å². The summed E-state index contributed by atoms with van der Waals surface area (Å²) < 4.78 is 6.69. The number of rotatable bonds is 5. The highest BCUT2D eigenvalue weighted by molar-refractivity contribution is 9.11. The molecule has 1 rings (SSSR count). The van der Waals surface area contributed by atoms with Crippen LogP contribution in [0.25, 0.3) is 0 Å². The Kier molecular flexibility index (Phi) is 5.71. The van der Waals surface area contributed by atoms with E-state index in [1.54, 1.807) is 12.1 Å². The molecule has 0 saturated heterocycles. The lowest BCUT2D eigenvalue weighted by Gasteiger charge is -2.13. The fourth-order valence-electron chi connectivity index (χ4n) is 1.07. The van der Waals surface area contributed by atoms with Gasteiger partial charge in [0.25, 0.3) is 0 Å². The molecule has 6 heteroatoms. The standard InChI is InChI=1S/C10H12Br2O4/c11-8-1-6(3-13)2-9(12)10(8)16-5-7(15)4-14/h1-2,7,13-15H,3-5H2. The molecule has 1 aromatic rings. The first-order valence-corrected chi connectivity index (χ1v) is 6.17. The number of hydrogen-bond donors (Lipinski definition) is 3. The molecule has 90 valence electrons. The van der Waals surface area contributed by atoms with Crippen LogP contribution in [-0.2, 0) is 6.61 Å². The van der Waals surface area contributed by atoms with Gasteiger partial charge in [0.15, 0.2) is 0 Å². The molecule has 0 heterocycles. The Bertz CT molecular complexity index is 334. The Morgan fingerprint density at radius 1 is 1.19 bits per heavy atom. The molecule has 0 fully saturated rings. The smallest absolute Gasteiger partial charge is 0.147 e. The maximum Gasteiger partial charge on any atom is 0.147 e. The van der Waals surface area contributed by atoms with Crippen molar-refractivity contribution < 1.29 is 20.1 Å². The van der Waals surface area contributed by atoms with Gasteiger partial charge in [0.05, 0.1) is 22.2 Å². The van der Waals surface area contributed by atoms with Gasteiger partial charge in [-0.1, -0.05) is 0 Å². The zero-order valence-corrected chi connectivity index (χ0v) is 11.5. The second kappa shape index (κ2) is 6.56. The number of aliphatic hydroxyl groups is 3. The van der Waals surface area contributed by atoms with Crippen LogP contribution in [0.1, 0.15) is 5.56 Å². The van der Waals surface area contributed by atoms with Gasteiger partial charge in [-0.2, -0.15) is 0 Å². The summed E-state index contributed by atoms with van der Waals surface area (Å²) in [4.78, 5) is 0. The average molecular weight is 356 g/mol. The van der Waals surface area contributed by atoms with E-state index >= 15 is 0 Å². The van der Waals surface area contributed by atoms with Crippen molar-refractivity contribution in [2.24, 2.45) is 0 Å². The number of benzene rings is 1. The van der Waals surface area contributed by atoms with Crippen molar-refractivity contribution in [3.05, 3.63) is 26.6 Å². The van der Waals surface area contributed by atoms with E-state index in [0.717, 1.165) is 5.56 Å². The lowest BCUT2D eigenvalue weighted by molar-refractivity contribution is 0.0531. The van der Waals surface area contributed by atoms with Crippen LogP contribution in [0.3, 0.4) is 0 Å². The summed E-state index contributed by atoms with van der Waals surface area (Å²) in [6.07, 6.45) is -0.906. The molecule has 0 bridgehead atoms. The van der Waals surface area contributed by atoms with E-state index in [1.807, 2.05) is 0 Å². The van der Waals surface area contributed by atoms with Crippen LogP contribution in [0.5, 0.6) is 5.75 Å². The number of hydrogen-bond acceptors (Lipinski definition) is 4. The second-order valence-corrected chi connectivity index (χ2v) is 4.90. The highest BCUT2D eigenvalue weighted by Crippen LogP contribution is 2.34. The van der Waals surface area contributed by atoms with Crippen LogP contribution in [0, 0.1) is 0 Å². The fraction of sp³-hybridized carbons (Fsp3) is 0.400. The number of halogens is 2. The minimum atomic E-state index is -0.906. The molecule has 3 N–H and O–H groups in total. The molecular formula is C10H12Br2O4. The molecule has 1 unspecified atom stereocenters. The van der Waals surface area contributed by atoms with Crippen molar-refractivity contribution in [2.45, 2.75) is 12.7 Å². The van der Waals surface area contributed by atoms with Gasteiger partial charge in [0.2, 0.25) is 0 Å². The monoisotopic (exact) mass is 354 g/mol. The largest absolute Gasteiger partial charge is 0.488 e. The number of aliphatic hydroxyl groups excluding tert-OH is 3. The summed E-state index contributed by atoms with van der Waals surface area (Å²) in [6.45, 7) is -0.396. The van der Waals surface area contributed by atoms with Crippen molar-refractivity contribution in [3.63, 3.8) is 0 Å². The van der Waals surface area contributed by atoms with Gasteiger partial charge >= 0.3 is 0 Å². The summed E-state index contributed by atoms with van der Waals surface area (Å²) >= 11 is 6.60. The molecule has 0 aliphatic carbocycles. The Morgan fingerprint density at radius 3 is 2.19 bits per heavy atom. The topological polar surface area (TPSA) is 69.9 Å². The molecule has 1 atom stereocenters. The van der Waals surface area contributed by atoms with Gasteiger partial charge in [0.1, 0.15) is 18.5 Å². The Labute approximate surface area is 110 Å². The van der Waals surface area contributed by atoms with Gasteiger partial charge in [-0.3, -0.25) is 0 Å². The van der Waals surface area contributed by atoms with Crippen LogP contribution in [0.15, 0.2) is 21.1 Å². The van der Waals surface area contributed by atoms with Crippen molar-refractivity contribution >= 4 is 31.9 Å². The maximum atomic E-state index is 9.16. The Balaban J connectivity index is 2.80. The fourth-order valence-corrected chi connectivity index (χ4v) is 2.58. The third-order valence-electron chi connectivity index (χ3n) is 1.87. The van der Waals surface area contributed by atoms with Gasteiger partial charge < -0.3 is 20.1 Å². The first-order valence-electron chi connectivity index (χ1n) is 4.59. The minimum absolute atomic E-state index is 0.00612. The third kappa shape index (κ3) is 3.71. The van der Waals surface area contributed by atoms with Crippen molar-refractivity contribution in [1.82, 2.24) is 0 Å². The van der Waals surface area contributed by atoms with E-state index in [9.17, 15) is 0 Å². The minimum Gasteiger partial charge on any atom is -0.488 e. The van der Waals surface area contributed by atoms with E-state index in [0.29, 0.717) is 14.7 Å². The normalized spacial score (nSPS) is 12.6. The molecule has 0 aliphatic rings. The molecule has 0 saturated carbocycles. The van der Waals surface area contributed by atoms with Crippen molar-refractivity contribution in [1.29, 1.82) is 0 Å². The molecule has 0 radical (unpaired) electrons. The Morgan fingerprint density at radius 2 is 1.75 bits per heavy atom. The Hall–Kier alpha value is -0.140. The SMILES string of the molecule is OCc1cc(Br)c(OCC(O)CO)c(Br)c1. The molecule has 0 aromatic heterocycles. The van der Waals surface area contributed by atoms with Crippen molar-refractivity contribution in [3.8, 4) is 5.75 Å². The zero-order valence-electron chi connectivity index (χ0n) is 8.36. The predicted octanol–water partition coefficient (Wildman–Crippen LogP) is 1.44. The highest BCUT2D eigenvalue weighted by Gasteiger charge is 2.11. The summed E-state index contributed by atoms with van der Waals surface area (Å²) in [7, 11) is 0. The van der Waals surface area contributed by atoms with Gasteiger partial charge in [0, 0.05) is 0 Å². The van der Waals surface area contributed by atoms with Crippen LogP contribution < -0.4 is 4.74 Å². The molecule has 0 spiro atoms. The number of ether oxygens (including phenoxy) is 1. The maximum absolute atomic E-state index is 9.16. The highest BCUT2D eigenvalue weighted by atomic mass is 79.9. The molecule has 1 aromatic carbocycles. The summed E-state index contributed by atoms with van der Waals surface area (Å²) in [5.41, 5.74) is 0.744. The zero-order chi connectivity index (χ0) is 12.1. The summed E-state index contributed by atoms with van der Waals surface area (Å²) in [6, 6.07) is 3.46. The molecule has 16 heavy (non-hydrogen) atoms. The van der Waals surface area contributed by atoms with E-state index in [2.05, 4.69) is 31.9 Å². The third-order valence-corrected chi connectivity index (χ3v) is 3.05. The first kappa shape index (κ1) is 13.9. The van der Waals surface area contributed by atoms with Crippen LogP contribution in [0.2, 0.25) is 0 Å². The molecule has 0 aliphatic heterocycles. The second-order valence-electron chi connectivity index (χ2n) is 3.19. The lowest BCUT2D eigenvalue weighted by Crippen LogP contribution is -2.21. The van der Waals surface area contributed by atoms with Crippen LogP contribution >= 0.6 is 31.9 Å². The summed E-state index contributed by atoms with van der Waals surface area (Å²) in [5.74, 6) is 0.532. The predicted molar refractivity (Wildman–Crippen MR) is 66.4 cm³/mol. The van der Waals surface area contributed by atoms with Gasteiger partial charge in [-0.25, -0.2) is 0 Å². The molecular weight excluding hydrogens is 344 g/mol. The molecule has 4 nitrogen and oxygen atoms in total. The van der Waals surface area contributed by atoms with E-state index < -0.39 is 6.10 Å². The lowest BCUT2D eigenvalue weighted by atomic mass is 10.2. The first-order chi connectivity index (χ1) is 7.58. The van der Waals surface area contributed by atoms with E-state index in [-0.39, 0.29) is 19.8 Å². The summed E-state index contributed by atoms with van der Waals surface area (Å²) in [5, 5.41) is 26.8.